The number of hydrogen-bond acceptors (Lipinski definition) is 6. The Balaban J connectivity index is 1.88. The molecule has 25 heavy (non-hydrogen) atoms. The van der Waals surface area contributed by atoms with Gasteiger partial charge in [0.15, 0.2) is 11.4 Å². The quantitative estimate of drug-likeness (QED) is 0.811. The molecule has 0 aliphatic carbocycles. The molecular formula is C16H21FN2O5S. The minimum Gasteiger partial charge on any atom is -0.461 e. The summed E-state index contributed by atoms with van der Waals surface area (Å²) in [6.45, 7) is 2.35. The second-order valence-corrected chi connectivity index (χ2v) is 8.13. The summed E-state index contributed by atoms with van der Waals surface area (Å²) in [4.78, 5) is 1.84. The van der Waals surface area contributed by atoms with E-state index in [-0.39, 0.29) is 41.7 Å². The molecule has 1 fully saturated rings. The van der Waals surface area contributed by atoms with Crippen LogP contribution in [-0.2, 0) is 14.8 Å². The molecule has 0 spiro atoms. The van der Waals surface area contributed by atoms with E-state index in [0.717, 1.165) is 6.07 Å². The number of halogens is 1. The number of aliphatic hydroxyl groups excluding tert-OH is 1. The second-order valence-electron chi connectivity index (χ2n) is 6.39. The van der Waals surface area contributed by atoms with Crippen LogP contribution in [0.1, 0.15) is 6.92 Å². The number of aliphatic hydroxyl groups is 1. The number of furan rings is 1. The molecule has 1 saturated heterocycles. The molecule has 2 aromatic rings. The third kappa shape index (κ3) is 3.18. The Morgan fingerprint density at radius 3 is 2.92 bits per heavy atom. The first-order valence-electron chi connectivity index (χ1n) is 7.88. The third-order valence-corrected chi connectivity index (χ3v) is 6.30. The highest BCUT2D eigenvalue weighted by molar-refractivity contribution is 7.89. The fourth-order valence-electron chi connectivity index (χ4n) is 3.03. The van der Waals surface area contributed by atoms with Crippen LogP contribution >= 0.6 is 0 Å². The van der Waals surface area contributed by atoms with Gasteiger partial charge in [-0.3, -0.25) is 4.90 Å². The lowest BCUT2D eigenvalue weighted by molar-refractivity contribution is -0.104. The summed E-state index contributed by atoms with van der Waals surface area (Å²) in [5.41, 5.74) is -0.966. The van der Waals surface area contributed by atoms with Gasteiger partial charge in [0.25, 0.3) is 0 Å². The predicted octanol–water partition coefficient (Wildman–Crippen LogP) is 0.932. The van der Waals surface area contributed by atoms with E-state index in [2.05, 4.69) is 4.72 Å². The van der Waals surface area contributed by atoms with Gasteiger partial charge in [0.2, 0.25) is 10.0 Å². The summed E-state index contributed by atoms with van der Waals surface area (Å²) >= 11 is 0. The Morgan fingerprint density at radius 1 is 1.44 bits per heavy atom. The molecule has 1 aromatic heterocycles. The zero-order chi connectivity index (χ0) is 18.2. The summed E-state index contributed by atoms with van der Waals surface area (Å²) in [5.74, 6) is -0.625. The highest BCUT2D eigenvalue weighted by Crippen LogP contribution is 2.27. The normalized spacial score (nSPS) is 25.5. The molecule has 9 heteroatoms. The van der Waals surface area contributed by atoms with E-state index in [1.54, 1.807) is 0 Å². The van der Waals surface area contributed by atoms with E-state index in [1.807, 2.05) is 18.9 Å². The molecule has 0 amide bonds. The minimum absolute atomic E-state index is 0.0383. The van der Waals surface area contributed by atoms with Crippen molar-refractivity contribution in [1.82, 2.24) is 9.62 Å². The molecule has 2 N–H and O–H groups in total. The van der Waals surface area contributed by atoms with Crippen LogP contribution in [-0.4, -0.2) is 63.4 Å². The van der Waals surface area contributed by atoms with Gasteiger partial charge in [-0.05, 0) is 32.2 Å². The van der Waals surface area contributed by atoms with Crippen molar-refractivity contribution in [2.24, 2.45) is 0 Å². The minimum atomic E-state index is -3.93. The zero-order valence-corrected chi connectivity index (χ0v) is 14.8. The van der Waals surface area contributed by atoms with Crippen LogP contribution in [0.4, 0.5) is 4.39 Å². The topological polar surface area (TPSA) is 92.0 Å². The maximum absolute atomic E-state index is 13.7. The van der Waals surface area contributed by atoms with Crippen molar-refractivity contribution >= 4 is 21.0 Å². The number of likely N-dealkylation sites (N-methyl/N-ethyl adjacent to an activating group) is 1. The predicted molar refractivity (Wildman–Crippen MR) is 89.2 cm³/mol. The van der Waals surface area contributed by atoms with E-state index >= 15 is 0 Å². The molecule has 2 atom stereocenters. The SMILES string of the molecule is C[C@@H]1COC[C@@](CO)(CNS(=O)(=O)c2ccc(F)c3occc23)N1C. The van der Waals surface area contributed by atoms with Crippen molar-refractivity contribution in [2.75, 3.05) is 33.4 Å². The Hall–Kier alpha value is -1.52. The van der Waals surface area contributed by atoms with Gasteiger partial charge in [0, 0.05) is 18.0 Å². The number of sulfonamides is 1. The molecule has 3 rings (SSSR count). The fraction of sp³-hybridized carbons (Fsp3) is 0.500. The average molecular weight is 372 g/mol. The van der Waals surface area contributed by atoms with Crippen LogP contribution < -0.4 is 4.72 Å². The van der Waals surface area contributed by atoms with Gasteiger partial charge >= 0.3 is 0 Å². The first kappa shape index (κ1) is 18.3. The van der Waals surface area contributed by atoms with Crippen LogP contribution in [0.2, 0.25) is 0 Å². The van der Waals surface area contributed by atoms with Crippen molar-refractivity contribution in [3.8, 4) is 0 Å². The van der Waals surface area contributed by atoms with Gasteiger partial charge in [0.1, 0.15) is 0 Å². The zero-order valence-electron chi connectivity index (χ0n) is 14.0. The second kappa shape index (κ2) is 6.65. The first-order chi connectivity index (χ1) is 11.8. The Labute approximate surface area is 145 Å². The van der Waals surface area contributed by atoms with Gasteiger partial charge < -0.3 is 14.3 Å². The molecule has 0 saturated carbocycles. The van der Waals surface area contributed by atoms with Crippen molar-refractivity contribution in [3.63, 3.8) is 0 Å². The van der Waals surface area contributed by atoms with Gasteiger partial charge in [-0.2, -0.15) is 0 Å². The number of ether oxygens (including phenoxy) is 1. The summed E-state index contributed by atoms with van der Waals surface area (Å²) in [5, 5.41) is 10.0. The molecule has 2 heterocycles. The molecule has 0 unspecified atom stereocenters. The lowest BCUT2D eigenvalue weighted by Crippen LogP contribution is -2.65. The van der Waals surface area contributed by atoms with Crippen LogP contribution in [0.25, 0.3) is 11.0 Å². The van der Waals surface area contributed by atoms with Crippen LogP contribution in [0.5, 0.6) is 0 Å². The third-order valence-electron chi connectivity index (χ3n) is 4.84. The monoisotopic (exact) mass is 372 g/mol. The Bertz CT molecular complexity index is 869. The standard InChI is InChI=1S/C16H21FN2O5S/c1-11-7-23-10-16(9-20,19(11)2)8-18-25(21,22)14-4-3-13(17)15-12(14)5-6-24-15/h3-6,11,18,20H,7-10H2,1-2H3/t11-,16+/m1/s1. The van der Waals surface area contributed by atoms with E-state index in [0.29, 0.717) is 6.61 Å². The van der Waals surface area contributed by atoms with Crippen LogP contribution in [0.15, 0.2) is 33.8 Å². The number of nitrogens with one attached hydrogen (secondary N) is 1. The number of rotatable bonds is 5. The van der Waals surface area contributed by atoms with Crippen molar-refractivity contribution < 1.29 is 27.1 Å². The first-order valence-corrected chi connectivity index (χ1v) is 9.36. The van der Waals surface area contributed by atoms with Gasteiger partial charge in [-0.15, -0.1) is 0 Å². The van der Waals surface area contributed by atoms with Crippen LogP contribution in [0.3, 0.4) is 0 Å². The van der Waals surface area contributed by atoms with Gasteiger partial charge in [-0.1, -0.05) is 0 Å². The van der Waals surface area contributed by atoms with Gasteiger partial charge in [0.05, 0.1) is 36.5 Å². The van der Waals surface area contributed by atoms with Crippen molar-refractivity contribution in [3.05, 3.63) is 30.3 Å². The summed E-state index contributed by atoms with van der Waals surface area (Å²) < 4.78 is 52.2. The van der Waals surface area contributed by atoms with E-state index in [4.69, 9.17) is 9.15 Å². The summed E-state index contributed by atoms with van der Waals surface area (Å²) in [7, 11) is -2.11. The van der Waals surface area contributed by atoms with Crippen LogP contribution in [0, 0.1) is 5.82 Å². The fourth-order valence-corrected chi connectivity index (χ4v) is 4.35. The molecule has 1 aliphatic heterocycles. The molecule has 1 aliphatic rings. The number of hydrogen-bond donors (Lipinski definition) is 2. The van der Waals surface area contributed by atoms with E-state index in [9.17, 15) is 17.9 Å². The number of morpholine rings is 1. The highest BCUT2D eigenvalue weighted by Gasteiger charge is 2.41. The Kier molecular flexibility index (Phi) is 4.86. The lowest BCUT2D eigenvalue weighted by Gasteiger charge is -2.47. The largest absolute Gasteiger partial charge is 0.461 e. The van der Waals surface area contributed by atoms with Gasteiger partial charge in [-0.25, -0.2) is 17.5 Å². The molecule has 1 aromatic carbocycles. The molecular weight excluding hydrogens is 351 g/mol. The maximum Gasteiger partial charge on any atom is 0.241 e. The average Bonchev–Trinajstić information content (AvgIpc) is 3.07. The van der Waals surface area contributed by atoms with Crippen molar-refractivity contribution in [1.29, 1.82) is 0 Å². The van der Waals surface area contributed by atoms with Crippen molar-refractivity contribution in [2.45, 2.75) is 23.4 Å². The molecule has 0 radical (unpaired) electrons. The highest BCUT2D eigenvalue weighted by atomic mass is 32.2. The summed E-state index contributed by atoms with van der Waals surface area (Å²) in [6, 6.07) is 3.70. The molecule has 138 valence electrons. The number of nitrogens with zero attached hydrogens (tertiary/aromatic N) is 1. The van der Waals surface area contributed by atoms with E-state index < -0.39 is 21.4 Å². The number of fused-ring (bicyclic) bond motifs is 1. The maximum atomic E-state index is 13.7. The Morgan fingerprint density at radius 2 is 2.20 bits per heavy atom. The summed E-state index contributed by atoms with van der Waals surface area (Å²) in [6.07, 6.45) is 1.24. The lowest BCUT2D eigenvalue weighted by atomic mass is 9.96. The molecule has 7 nitrogen and oxygen atoms in total. The number of benzene rings is 1. The smallest absolute Gasteiger partial charge is 0.241 e. The van der Waals surface area contributed by atoms with E-state index in [1.165, 1.54) is 18.4 Å². The molecule has 0 bridgehead atoms.